The fourth-order valence-corrected chi connectivity index (χ4v) is 3.91. The SMILES string of the molecule is CC1(C)[C@H]2CC[C@@]1(C)C(=O)/C2=C/NC(=O)c1ccccc1. The molecule has 2 bridgehead atoms. The molecule has 21 heavy (non-hydrogen) atoms. The number of nitrogens with one attached hydrogen (secondary N) is 1. The normalized spacial score (nSPS) is 31.7. The monoisotopic (exact) mass is 283 g/mol. The molecule has 2 atom stereocenters. The smallest absolute Gasteiger partial charge is 0.255 e. The van der Waals surface area contributed by atoms with E-state index in [4.69, 9.17) is 0 Å². The molecule has 0 aromatic heterocycles. The summed E-state index contributed by atoms with van der Waals surface area (Å²) in [7, 11) is 0. The Bertz CT molecular complexity index is 630. The van der Waals surface area contributed by atoms with Crippen LogP contribution in [0, 0.1) is 16.7 Å². The van der Waals surface area contributed by atoms with Crippen LogP contribution in [0.4, 0.5) is 0 Å². The number of amides is 1. The minimum atomic E-state index is -0.277. The van der Waals surface area contributed by atoms with Gasteiger partial charge in [-0.15, -0.1) is 0 Å². The van der Waals surface area contributed by atoms with Gasteiger partial charge in [-0.2, -0.15) is 0 Å². The molecule has 0 radical (unpaired) electrons. The Morgan fingerprint density at radius 2 is 1.90 bits per heavy atom. The second-order valence-electron chi connectivity index (χ2n) is 6.91. The molecule has 1 aromatic carbocycles. The zero-order valence-corrected chi connectivity index (χ0v) is 12.8. The third kappa shape index (κ3) is 1.87. The van der Waals surface area contributed by atoms with Crippen molar-refractivity contribution in [3.05, 3.63) is 47.7 Å². The molecule has 3 rings (SSSR count). The number of hydrogen-bond donors (Lipinski definition) is 1. The zero-order chi connectivity index (χ0) is 15.3. The minimum absolute atomic E-state index is 0.0204. The first-order chi connectivity index (χ1) is 9.88. The summed E-state index contributed by atoms with van der Waals surface area (Å²) in [6.45, 7) is 6.40. The molecule has 0 saturated heterocycles. The predicted molar refractivity (Wildman–Crippen MR) is 81.6 cm³/mol. The van der Waals surface area contributed by atoms with Crippen LogP contribution in [0.5, 0.6) is 0 Å². The number of carbonyl (C=O) groups excluding carboxylic acids is 2. The van der Waals surface area contributed by atoms with Crippen molar-refractivity contribution in [2.24, 2.45) is 16.7 Å². The lowest BCUT2D eigenvalue weighted by Crippen LogP contribution is -2.32. The van der Waals surface area contributed by atoms with Crippen LogP contribution < -0.4 is 5.32 Å². The van der Waals surface area contributed by atoms with Crippen molar-refractivity contribution in [2.75, 3.05) is 0 Å². The maximum Gasteiger partial charge on any atom is 0.255 e. The van der Waals surface area contributed by atoms with E-state index >= 15 is 0 Å². The molecule has 0 unspecified atom stereocenters. The lowest BCUT2D eigenvalue weighted by molar-refractivity contribution is -0.125. The Balaban J connectivity index is 1.83. The van der Waals surface area contributed by atoms with E-state index in [0.717, 1.165) is 18.4 Å². The topological polar surface area (TPSA) is 46.2 Å². The lowest BCUT2D eigenvalue weighted by atomic mass is 9.70. The maximum atomic E-state index is 12.6. The number of carbonyl (C=O) groups is 2. The van der Waals surface area contributed by atoms with E-state index in [2.05, 4.69) is 26.1 Å². The van der Waals surface area contributed by atoms with Crippen molar-refractivity contribution < 1.29 is 9.59 Å². The Morgan fingerprint density at radius 1 is 1.24 bits per heavy atom. The van der Waals surface area contributed by atoms with Gasteiger partial charge in [0.1, 0.15) is 0 Å². The summed E-state index contributed by atoms with van der Waals surface area (Å²) in [4.78, 5) is 24.7. The lowest BCUT2D eigenvalue weighted by Gasteiger charge is -2.31. The highest BCUT2D eigenvalue weighted by molar-refractivity contribution is 6.05. The van der Waals surface area contributed by atoms with Crippen molar-refractivity contribution in [3.63, 3.8) is 0 Å². The van der Waals surface area contributed by atoms with E-state index in [1.165, 1.54) is 0 Å². The second-order valence-corrected chi connectivity index (χ2v) is 6.91. The van der Waals surface area contributed by atoms with Gasteiger partial charge in [0.25, 0.3) is 5.91 Å². The van der Waals surface area contributed by atoms with Gasteiger partial charge in [-0.05, 0) is 36.3 Å². The molecule has 0 aliphatic heterocycles. The van der Waals surface area contributed by atoms with Gasteiger partial charge < -0.3 is 5.32 Å². The number of allylic oxidation sites excluding steroid dienone is 1. The van der Waals surface area contributed by atoms with Crippen LogP contribution in [0.2, 0.25) is 0 Å². The van der Waals surface area contributed by atoms with Crippen molar-refractivity contribution in [1.29, 1.82) is 0 Å². The molecule has 3 heteroatoms. The van der Waals surface area contributed by atoms with Gasteiger partial charge in [-0.25, -0.2) is 0 Å². The summed E-state index contributed by atoms with van der Waals surface area (Å²) in [5.41, 5.74) is 1.10. The highest BCUT2D eigenvalue weighted by Gasteiger charge is 2.63. The molecule has 0 heterocycles. The van der Waals surface area contributed by atoms with Crippen LogP contribution in [0.1, 0.15) is 44.0 Å². The highest BCUT2D eigenvalue weighted by Crippen LogP contribution is 2.65. The molecule has 3 nitrogen and oxygen atoms in total. The Hall–Kier alpha value is -1.90. The average molecular weight is 283 g/mol. The first-order valence-electron chi connectivity index (χ1n) is 7.49. The third-order valence-electron chi connectivity index (χ3n) is 5.76. The van der Waals surface area contributed by atoms with Crippen LogP contribution in [0.15, 0.2) is 42.1 Å². The second kappa shape index (κ2) is 4.55. The molecule has 2 fully saturated rings. The molecule has 2 aliphatic carbocycles. The molecule has 1 amide bonds. The van der Waals surface area contributed by atoms with Gasteiger partial charge in [0, 0.05) is 22.8 Å². The van der Waals surface area contributed by atoms with Crippen molar-refractivity contribution >= 4 is 11.7 Å². The van der Waals surface area contributed by atoms with Crippen LogP contribution in [-0.4, -0.2) is 11.7 Å². The number of fused-ring (bicyclic) bond motifs is 2. The molecular formula is C18H21NO2. The fraction of sp³-hybridized carbons (Fsp3) is 0.444. The summed E-state index contributed by atoms with van der Waals surface area (Å²) in [5.74, 6) is 0.296. The minimum Gasteiger partial charge on any atom is -0.328 e. The van der Waals surface area contributed by atoms with Crippen LogP contribution in [-0.2, 0) is 4.79 Å². The van der Waals surface area contributed by atoms with Crippen molar-refractivity contribution in [2.45, 2.75) is 33.6 Å². The molecule has 1 aromatic rings. The number of ketones is 1. The number of hydrogen-bond acceptors (Lipinski definition) is 2. The Labute approximate surface area is 125 Å². The quantitative estimate of drug-likeness (QED) is 0.846. The largest absolute Gasteiger partial charge is 0.328 e. The van der Waals surface area contributed by atoms with E-state index in [0.29, 0.717) is 5.56 Å². The van der Waals surface area contributed by atoms with E-state index in [-0.39, 0.29) is 28.4 Å². The van der Waals surface area contributed by atoms with E-state index in [1.807, 2.05) is 18.2 Å². The van der Waals surface area contributed by atoms with Gasteiger partial charge in [-0.3, -0.25) is 9.59 Å². The Kier molecular flexibility index (Phi) is 3.05. The Morgan fingerprint density at radius 3 is 2.48 bits per heavy atom. The van der Waals surface area contributed by atoms with Crippen LogP contribution >= 0.6 is 0 Å². The van der Waals surface area contributed by atoms with E-state index in [1.54, 1.807) is 18.3 Å². The molecular weight excluding hydrogens is 262 g/mol. The first-order valence-corrected chi connectivity index (χ1v) is 7.49. The van der Waals surface area contributed by atoms with Crippen LogP contribution in [0.25, 0.3) is 0 Å². The third-order valence-corrected chi connectivity index (χ3v) is 5.76. The van der Waals surface area contributed by atoms with Crippen molar-refractivity contribution in [3.8, 4) is 0 Å². The molecule has 1 N–H and O–H groups in total. The number of rotatable bonds is 2. The molecule has 2 aliphatic rings. The zero-order valence-electron chi connectivity index (χ0n) is 12.8. The fourth-order valence-electron chi connectivity index (χ4n) is 3.91. The van der Waals surface area contributed by atoms with Gasteiger partial charge in [0.05, 0.1) is 0 Å². The van der Waals surface area contributed by atoms with Crippen LogP contribution in [0.3, 0.4) is 0 Å². The summed E-state index contributed by atoms with van der Waals surface area (Å²) in [5, 5.41) is 2.79. The standard InChI is InChI=1S/C18H21NO2/c1-17(2)14-9-10-18(17,3)15(20)13(14)11-19-16(21)12-7-5-4-6-8-12/h4-8,11,14H,9-10H2,1-3H3,(H,19,21)/b13-11+/t14-,18-/m0/s1. The number of benzene rings is 1. The summed E-state index contributed by atoms with van der Waals surface area (Å²) < 4.78 is 0. The highest BCUT2D eigenvalue weighted by atomic mass is 16.1. The summed E-state index contributed by atoms with van der Waals surface area (Å²) >= 11 is 0. The summed E-state index contributed by atoms with van der Waals surface area (Å²) in [6, 6.07) is 9.06. The number of Topliss-reactive ketones (excluding diaryl/α,β-unsaturated/α-hetero) is 1. The van der Waals surface area contributed by atoms with Gasteiger partial charge in [-0.1, -0.05) is 39.0 Å². The van der Waals surface area contributed by atoms with Gasteiger partial charge in [0.2, 0.25) is 0 Å². The predicted octanol–water partition coefficient (Wildman–Crippen LogP) is 3.33. The average Bonchev–Trinajstić information content (AvgIpc) is 2.78. The molecule has 0 spiro atoms. The molecule has 110 valence electrons. The maximum absolute atomic E-state index is 12.6. The summed E-state index contributed by atoms with van der Waals surface area (Å²) in [6.07, 6.45) is 3.63. The van der Waals surface area contributed by atoms with E-state index in [9.17, 15) is 9.59 Å². The van der Waals surface area contributed by atoms with Gasteiger partial charge >= 0.3 is 0 Å². The van der Waals surface area contributed by atoms with Crippen molar-refractivity contribution in [1.82, 2.24) is 5.32 Å². The first kappa shape index (κ1) is 14.1. The molecule has 2 saturated carbocycles. The van der Waals surface area contributed by atoms with Gasteiger partial charge in [0.15, 0.2) is 5.78 Å². The van der Waals surface area contributed by atoms with E-state index < -0.39 is 0 Å².